The first kappa shape index (κ1) is 17.9. The van der Waals surface area contributed by atoms with Crippen LogP contribution in [0.25, 0.3) is 27.5 Å². The van der Waals surface area contributed by atoms with Crippen molar-refractivity contribution < 1.29 is 0 Å². The summed E-state index contributed by atoms with van der Waals surface area (Å²) in [6.07, 6.45) is 3.45. The van der Waals surface area contributed by atoms with Gasteiger partial charge in [-0.15, -0.1) is 0 Å². The van der Waals surface area contributed by atoms with Crippen molar-refractivity contribution in [1.82, 2.24) is 0 Å². The zero-order valence-corrected chi connectivity index (χ0v) is 19.5. The van der Waals surface area contributed by atoms with E-state index < -0.39 is 0 Å². The van der Waals surface area contributed by atoms with Crippen molar-refractivity contribution in [2.45, 2.75) is 18.8 Å². The Kier molecular flexibility index (Phi) is 3.67. The fourth-order valence-corrected chi connectivity index (χ4v) is 7.97. The van der Waals surface area contributed by atoms with Gasteiger partial charge in [0.25, 0.3) is 0 Å². The molecule has 0 N–H and O–H groups in total. The Morgan fingerprint density at radius 1 is 0.742 bits per heavy atom. The maximum Gasteiger partial charge on any atom is 0.0446 e. The number of allylic oxidation sites excluding steroid dienone is 3. The lowest BCUT2D eigenvalue weighted by atomic mass is 9.71. The first-order valence-corrected chi connectivity index (χ1v) is 13.3. The molecule has 7 rings (SSSR count). The molecule has 0 radical (unpaired) electrons. The molecule has 0 fully saturated rings. The van der Waals surface area contributed by atoms with Gasteiger partial charge in [-0.25, -0.2) is 0 Å². The van der Waals surface area contributed by atoms with E-state index in [-0.39, 0.29) is 26.1 Å². The summed E-state index contributed by atoms with van der Waals surface area (Å²) in [7, 11) is 0. The second kappa shape index (κ2) is 6.37. The van der Waals surface area contributed by atoms with E-state index in [4.69, 9.17) is 0 Å². The van der Waals surface area contributed by atoms with Gasteiger partial charge in [0.1, 0.15) is 0 Å². The molecular formula is C30H21I. The minimum atomic E-state index is -0.123. The van der Waals surface area contributed by atoms with Crippen LogP contribution in [0.2, 0.25) is 0 Å². The number of halogens is 1. The number of benzene rings is 4. The molecule has 0 bridgehead atoms. The summed E-state index contributed by atoms with van der Waals surface area (Å²) in [5.74, 6) is 0. The second-order valence-electron chi connectivity index (χ2n) is 8.90. The number of rotatable bonds is 1. The Labute approximate surface area is 192 Å². The summed E-state index contributed by atoms with van der Waals surface area (Å²) in [5.41, 5.74) is 13.0. The molecule has 1 atom stereocenters. The highest BCUT2D eigenvalue weighted by atomic mass is 127. The Bertz CT molecular complexity index is 1510. The average Bonchev–Trinajstić information content (AvgIpc) is 3.32. The summed E-state index contributed by atoms with van der Waals surface area (Å²) < 4.78 is 4.98. The fourth-order valence-electron chi connectivity index (χ4n) is 5.88. The van der Waals surface area contributed by atoms with Gasteiger partial charge in [-0.1, -0.05) is 87.5 Å². The van der Waals surface area contributed by atoms with Crippen molar-refractivity contribution >= 4 is 41.1 Å². The predicted octanol–water partition coefficient (Wildman–Crippen LogP) is 7.78. The van der Waals surface area contributed by atoms with Gasteiger partial charge in [-0.2, -0.15) is 0 Å². The highest BCUT2D eigenvalue weighted by Gasteiger charge is 2.45. The third-order valence-corrected chi connectivity index (χ3v) is 9.13. The van der Waals surface area contributed by atoms with E-state index in [2.05, 4.69) is 100.0 Å². The van der Waals surface area contributed by atoms with Crippen LogP contribution in [0.4, 0.5) is 0 Å². The van der Waals surface area contributed by atoms with Crippen LogP contribution in [0, 0.1) is 0 Å². The summed E-state index contributed by atoms with van der Waals surface area (Å²) in [4.78, 5) is 0. The van der Waals surface area contributed by atoms with Gasteiger partial charge in [0.05, 0.1) is 0 Å². The molecule has 0 spiro atoms. The van der Waals surface area contributed by atoms with Crippen LogP contribution in [0.5, 0.6) is 0 Å². The Morgan fingerprint density at radius 2 is 1.52 bits per heavy atom. The van der Waals surface area contributed by atoms with Gasteiger partial charge in [0.15, 0.2) is 0 Å². The summed E-state index contributed by atoms with van der Waals surface area (Å²) in [5, 5.41) is 2.66. The van der Waals surface area contributed by atoms with Gasteiger partial charge in [-0.05, 0) is 101 Å². The molecule has 0 amide bonds. The molecule has 0 aromatic heterocycles. The molecule has 3 aliphatic rings. The average molecular weight is 508 g/mol. The molecule has 1 heteroatoms. The molecule has 31 heavy (non-hydrogen) atoms. The lowest BCUT2D eigenvalue weighted by Gasteiger charge is -2.31. The third-order valence-electron chi connectivity index (χ3n) is 7.38. The third kappa shape index (κ3) is 2.33. The van der Waals surface area contributed by atoms with Crippen LogP contribution in [0.1, 0.15) is 34.7 Å². The Morgan fingerprint density at radius 3 is 2.42 bits per heavy atom. The molecule has 2 aliphatic carbocycles. The molecule has 1 unspecified atom stereocenters. The molecule has 148 valence electrons. The van der Waals surface area contributed by atoms with E-state index in [1.54, 1.807) is 0 Å². The fraction of sp³-hybridized carbons (Fsp3) is 0.100. The predicted molar refractivity (Wildman–Crippen MR) is 141 cm³/mol. The van der Waals surface area contributed by atoms with Gasteiger partial charge < -0.3 is 0 Å². The van der Waals surface area contributed by atoms with Gasteiger partial charge >= 0.3 is 0 Å². The van der Waals surface area contributed by atoms with E-state index in [1.165, 1.54) is 60.9 Å². The van der Waals surface area contributed by atoms with Crippen molar-refractivity contribution in [3.05, 3.63) is 122 Å². The number of hydrogen-bond donors (Lipinski definition) is 0. The lowest BCUT2D eigenvalue weighted by molar-refractivity contribution is 0.719. The second-order valence-corrected chi connectivity index (χ2v) is 11.0. The van der Waals surface area contributed by atoms with Gasteiger partial charge in [-0.3, -0.25) is 0 Å². The monoisotopic (exact) mass is 508 g/mol. The zero-order chi connectivity index (χ0) is 20.6. The zero-order valence-electron chi connectivity index (χ0n) is 17.3. The van der Waals surface area contributed by atoms with Crippen molar-refractivity contribution in [3.8, 4) is 11.1 Å². The maximum absolute atomic E-state index is 2.57. The first-order valence-electron chi connectivity index (χ1n) is 10.9. The number of fused-ring (bicyclic) bond motifs is 7. The molecule has 0 saturated heterocycles. The van der Waals surface area contributed by atoms with Crippen molar-refractivity contribution in [2.75, 3.05) is 0 Å². The highest BCUT2D eigenvalue weighted by Crippen LogP contribution is 2.58. The lowest BCUT2D eigenvalue weighted by Crippen LogP contribution is -2.23. The van der Waals surface area contributed by atoms with E-state index in [9.17, 15) is 0 Å². The van der Waals surface area contributed by atoms with Crippen LogP contribution < -0.4 is 0 Å². The largest absolute Gasteiger partial charge is 0.0934 e. The molecule has 0 nitrogen and oxygen atoms in total. The SMILES string of the molecule is CC1(c2cccc3c2-c2ccccc2C3)C2=CI=CC=C2c2cc3ccccc3cc21. The van der Waals surface area contributed by atoms with E-state index in [0.717, 1.165) is 6.42 Å². The number of hydrogen-bond acceptors (Lipinski definition) is 0. The van der Waals surface area contributed by atoms with Crippen LogP contribution in [0.15, 0.2) is 94.6 Å². The van der Waals surface area contributed by atoms with Crippen molar-refractivity contribution in [1.29, 1.82) is 0 Å². The molecule has 4 aromatic rings. The minimum Gasteiger partial charge on any atom is -0.0934 e. The maximum atomic E-state index is 2.57. The van der Waals surface area contributed by atoms with Crippen LogP contribution in [-0.4, -0.2) is 4.01 Å². The van der Waals surface area contributed by atoms with Crippen LogP contribution in [0.3, 0.4) is 0 Å². The standard InChI is InChI=1S/C30H21I/c1-30(26-12-6-10-22-15-21-9-4-5-11-23(21)29(22)26)27-17-20-8-3-2-7-19(20)16-25(27)24-13-14-31-18-28(24)30/h2-14,16-18H,15H2,1H3. The van der Waals surface area contributed by atoms with E-state index >= 15 is 0 Å². The van der Waals surface area contributed by atoms with Crippen molar-refractivity contribution in [3.63, 3.8) is 0 Å². The van der Waals surface area contributed by atoms with Crippen LogP contribution in [-0.2, 0) is 11.8 Å². The molecule has 4 aromatic carbocycles. The highest BCUT2D eigenvalue weighted by molar-refractivity contribution is 14.2. The Hall–Kier alpha value is -2.78. The first-order chi connectivity index (χ1) is 15.2. The van der Waals surface area contributed by atoms with E-state index in [0.29, 0.717) is 0 Å². The molecule has 1 heterocycles. The van der Waals surface area contributed by atoms with Crippen molar-refractivity contribution in [2.24, 2.45) is 0 Å². The van der Waals surface area contributed by atoms with Gasteiger partial charge in [0, 0.05) is 5.41 Å². The quantitative estimate of drug-likeness (QED) is 0.203. The van der Waals surface area contributed by atoms with Crippen LogP contribution >= 0.6 is 20.7 Å². The smallest absolute Gasteiger partial charge is 0.0446 e. The summed E-state index contributed by atoms with van der Waals surface area (Å²) in [6, 6.07) is 29.6. The normalized spacial score (nSPS) is 20.3. The van der Waals surface area contributed by atoms with E-state index in [1.807, 2.05) is 0 Å². The Balaban J connectivity index is 1.59. The van der Waals surface area contributed by atoms with Gasteiger partial charge in [0.2, 0.25) is 0 Å². The molecular weight excluding hydrogens is 487 g/mol. The molecule has 1 aliphatic heterocycles. The topological polar surface area (TPSA) is 0 Å². The molecule has 0 saturated carbocycles. The summed E-state index contributed by atoms with van der Waals surface area (Å²) in [6.45, 7) is 2.47. The minimum absolute atomic E-state index is 0.0369. The summed E-state index contributed by atoms with van der Waals surface area (Å²) >= 11 is -0.0369.